The highest BCUT2D eigenvalue weighted by atomic mass is 16.6. The van der Waals surface area contributed by atoms with Gasteiger partial charge in [0.2, 0.25) is 5.91 Å². The van der Waals surface area contributed by atoms with Gasteiger partial charge in [-0.2, -0.15) is 0 Å². The van der Waals surface area contributed by atoms with Crippen molar-refractivity contribution >= 4 is 35.1 Å². The van der Waals surface area contributed by atoms with E-state index in [9.17, 15) is 29.3 Å². The highest BCUT2D eigenvalue weighted by molar-refractivity contribution is 6.23. The van der Waals surface area contributed by atoms with Gasteiger partial charge in [0.05, 0.1) is 29.7 Å². The molecule has 0 bridgehead atoms. The third-order valence-corrected chi connectivity index (χ3v) is 5.71. The van der Waals surface area contributed by atoms with Crippen molar-refractivity contribution in [1.29, 1.82) is 0 Å². The molecule has 1 atom stereocenters. The number of nitro groups is 1. The molecular formula is C25H20N4O7. The van der Waals surface area contributed by atoms with Crippen LogP contribution in [0.3, 0.4) is 0 Å². The van der Waals surface area contributed by atoms with E-state index in [1.165, 1.54) is 60.5 Å². The number of hydrogen-bond acceptors (Lipinski definition) is 8. The van der Waals surface area contributed by atoms with Gasteiger partial charge in [0.25, 0.3) is 17.5 Å². The summed E-state index contributed by atoms with van der Waals surface area (Å²) in [6.07, 6.45) is 2.85. The topological polar surface area (TPSA) is 140 Å². The Bertz CT molecular complexity index is 1320. The Morgan fingerprint density at radius 2 is 1.75 bits per heavy atom. The third-order valence-electron chi connectivity index (χ3n) is 5.71. The van der Waals surface area contributed by atoms with Crippen LogP contribution in [0.2, 0.25) is 0 Å². The fraction of sp³-hybridized carbons (Fsp3) is 0.160. The van der Waals surface area contributed by atoms with Crippen molar-refractivity contribution in [2.75, 3.05) is 12.0 Å². The molecule has 1 unspecified atom stereocenters. The fourth-order valence-corrected chi connectivity index (χ4v) is 3.90. The summed E-state index contributed by atoms with van der Waals surface area (Å²) in [5, 5.41) is 11.0. The van der Waals surface area contributed by atoms with E-state index in [4.69, 9.17) is 0 Å². The average Bonchev–Trinajstić information content (AvgIpc) is 3.20. The van der Waals surface area contributed by atoms with Gasteiger partial charge in [0, 0.05) is 36.6 Å². The number of imide groups is 1. The van der Waals surface area contributed by atoms with Crippen LogP contribution in [0.25, 0.3) is 0 Å². The van der Waals surface area contributed by atoms with E-state index < -0.39 is 34.7 Å². The molecule has 182 valence electrons. The second-order valence-electron chi connectivity index (χ2n) is 7.92. The van der Waals surface area contributed by atoms with Crippen LogP contribution in [0.1, 0.15) is 32.7 Å². The summed E-state index contributed by atoms with van der Waals surface area (Å²) in [4.78, 5) is 68.2. The Hall–Kier alpha value is -4.93. The molecule has 0 aliphatic carbocycles. The second kappa shape index (κ2) is 10.1. The zero-order chi connectivity index (χ0) is 25.8. The monoisotopic (exact) mass is 488 g/mol. The van der Waals surface area contributed by atoms with Gasteiger partial charge in [-0.15, -0.1) is 0 Å². The molecule has 0 saturated carbocycles. The van der Waals surface area contributed by atoms with Crippen molar-refractivity contribution in [2.24, 2.45) is 0 Å². The van der Waals surface area contributed by atoms with Crippen molar-refractivity contribution in [3.8, 4) is 0 Å². The Labute approximate surface area is 205 Å². The summed E-state index contributed by atoms with van der Waals surface area (Å²) >= 11 is 0. The number of esters is 1. The highest BCUT2D eigenvalue weighted by Gasteiger charge is 2.44. The molecule has 3 aromatic rings. The SMILES string of the molecule is COC(=O)c1ccc(N2C(=O)CC(N(Cc3cccnc3)C(=O)c3ccc([N+](=O)[O-])cc3)C2=O)cc1. The molecule has 1 fully saturated rings. The van der Waals surface area contributed by atoms with Crippen LogP contribution in [0.15, 0.2) is 73.1 Å². The summed E-state index contributed by atoms with van der Waals surface area (Å²) in [5.41, 5.74) is 1.09. The first kappa shape index (κ1) is 24.2. The molecular weight excluding hydrogens is 468 g/mol. The van der Waals surface area contributed by atoms with E-state index >= 15 is 0 Å². The maximum atomic E-state index is 13.5. The molecule has 36 heavy (non-hydrogen) atoms. The number of hydrogen-bond donors (Lipinski definition) is 0. The van der Waals surface area contributed by atoms with Gasteiger partial charge in [-0.1, -0.05) is 6.07 Å². The van der Waals surface area contributed by atoms with E-state index in [1.54, 1.807) is 24.5 Å². The quantitative estimate of drug-likeness (QED) is 0.214. The zero-order valence-electron chi connectivity index (χ0n) is 19.1. The lowest BCUT2D eigenvalue weighted by molar-refractivity contribution is -0.384. The number of anilines is 1. The van der Waals surface area contributed by atoms with Gasteiger partial charge >= 0.3 is 5.97 Å². The lowest BCUT2D eigenvalue weighted by Crippen LogP contribution is -2.45. The minimum atomic E-state index is -1.11. The molecule has 11 heteroatoms. The van der Waals surface area contributed by atoms with Crippen LogP contribution in [-0.2, 0) is 20.9 Å². The first-order chi connectivity index (χ1) is 17.3. The predicted molar refractivity (Wildman–Crippen MR) is 126 cm³/mol. The summed E-state index contributed by atoms with van der Waals surface area (Å²) in [6.45, 7) is -0.0114. The number of rotatable bonds is 7. The first-order valence-corrected chi connectivity index (χ1v) is 10.8. The fourth-order valence-electron chi connectivity index (χ4n) is 3.90. The molecule has 1 aliphatic heterocycles. The third kappa shape index (κ3) is 4.80. The van der Waals surface area contributed by atoms with Crippen LogP contribution in [0, 0.1) is 10.1 Å². The van der Waals surface area contributed by atoms with Crippen molar-refractivity contribution in [3.63, 3.8) is 0 Å². The summed E-state index contributed by atoms with van der Waals surface area (Å²) in [5.74, 6) is -2.24. The number of benzene rings is 2. The number of nitro benzene ring substituents is 1. The molecule has 11 nitrogen and oxygen atoms in total. The number of non-ortho nitro benzene ring substituents is 1. The molecule has 1 saturated heterocycles. The second-order valence-corrected chi connectivity index (χ2v) is 7.92. The standard InChI is InChI=1S/C25H20N4O7/c1-36-25(33)18-6-8-19(9-7-18)28-22(30)13-21(24(28)32)27(15-16-3-2-12-26-14-16)23(31)17-4-10-20(11-5-17)29(34)35/h2-12,14,21H,13,15H2,1H3. The van der Waals surface area contributed by atoms with Gasteiger partial charge < -0.3 is 9.64 Å². The Morgan fingerprint density at radius 1 is 1.08 bits per heavy atom. The number of carbonyl (C=O) groups excluding carboxylic acids is 4. The minimum absolute atomic E-state index is 0.0114. The summed E-state index contributed by atoms with van der Waals surface area (Å²) in [6, 6.07) is 13.1. The molecule has 2 heterocycles. The van der Waals surface area contributed by atoms with Gasteiger partial charge in [0.1, 0.15) is 6.04 Å². The maximum Gasteiger partial charge on any atom is 0.337 e. The molecule has 3 amide bonds. The van der Waals surface area contributed by atoms with E-state index in [2.05, 4.69) is 9.72 Å². The lowest BCUT2D eigenvalue weighted by Gasteiger charge is -2.28. The summed E-state index contributed by atoms with van der Waals surface area (Å²) < 4.78 is 4.66. The number of pyridine rings is 1. The zero-order valence-corrected chi connectivity index (χ0v) is 19.1. The number of amides is 3. The Kier molecular flexibility index (Phi) is 6.81. The van der Waals surface area contributed by atoms with Crippen molar-refractivity contribution < 1.29 is 28.8 Å². The number of nitrogens with zero attached hydrogens (tertiary/aromatic N) is 4. The minimum Gasteiger partial charge on any atom is -0.465 e. The van der Waals surface area contributed by atoms with Crippen molar-refractivity contribution in [2.45, 2.75) is 19.0 Å². The first-order valence-electron chi connectivity index (χ1n) is 10.8. The van der Waals surface area contributed by atoms with Crippen LogP contribution < -0.4 is 4.90 Å². The number of aromatic nitrogens is 1. The van der Waals surface area contributed by atoms with Gasteiger partial charge in [-0.25, -0.2) is 9.69 Å². The normalized spacial score (nSPS) is 15.0. The average molecular weight is 488 g/mol. The number of carbonyl (C=O) groups is 4. The molecule has 0 N–H and O–H groups in total. The van der Waals surface area contributed by atoms with Crippen LogP contribution in [-0.4, -0.2) is 51.6 Å². The van der Waals surface area contributed by atoms with Crippen LogP contribution >= 0.6 is 0 Å². The highest BCUT2D eigenvalue weighted by Crippen LogP contribution is 2.28. The lowest BCUT2D eigenvalue weighted by atomic mass is 10.1. The van der Waals surface area contributed by atoms with E-state index in [0.29, 0.717) is 5.56 Å². The smallest absolute Gasteiger partial charge is 0.337 e. The van der Waals surface area contributed by atoms with Crippen LogP contribution in [0.4, 0.5) is 11.4 Å². The molecule has 0 radical (unpaired) electrons. The maximum absolute atomic E-state index is 13.5. The largest absolute Gasteiger partial charge is 0.465 e. The van der Waals surface area contributed by atoms with E-state index in [1.807, 2.05) is 0 Å². The van der Waals surface area contributed by atoms with Crippen molar-refractivity contribution in [3.05, 3.63) is 99.9 Å². The van der Waals surface area contributed by atoms with Gasteiger partial charge in [-0.3, -0.25) is 29.5 Å². The molecule has 4 rings (SSSR count). The number of methoxy groups -OCH3 is 1. The molecule has 1 aliphatic rings. The van der Waals surface area contributed by atoms with E-state index in [-0.39, 0.29) is 35.5 Å². The Morgan fingerprint density at radius 3 is 2.33 bits per heavy atom. The van der Waals surface area contributed by atoms with E-state index in [0.717, 1.165) is 4.90 Å². The summed E-state index contributed by atoms with van der Waals surface area (Å²) in [7, 11) is 1.24. The van der Waals surface area contributed by atoms with Gasteiger partial charge in [-0.05, 0) is 48.0 Å². The molecule has 1 aromatic heterocycles. The number of ether oxygens (including phenoxy) is 1. The van der Waals surface area contributed by atoms with Gasteiger partial charge in [0.15, 0.2) is 0 Å². The molecule has 2 aromatic carbocycles. The van der Waals surface area contributed by atoms with Crippen molar-refractivity contribution in [1.82, 2.24) is 9.88 Å². The van der Waals surface area contributed by atoms with Crippen LogP contribution in [0.5, 0.6) is 0 Å². The molecule has 0 spiro atoms. The predicted octanol–water partition coefficient (Wildman–Crippen LogP) is 2.75. The Balaban J connectivity index is 1.65.